The number of esters is 1. The quantitative estimate of drug-likeness (QED) is 0.253. The van der Waals surface area contributed by atoms with Gasteiger partial charge in [-0.1, -0.05) is 22.6 Å². The predicted octanol–water partition coefficient (Wildman–Crippen LogP) is 1.58. The molecule has 0 aromatic rings. The molecule has 0 amide bonds. The second-order valence-corrected chi connectivity index (χ2v) is 3.90. The van der Waals surface area contributed by atoms with Gasteiger partial charge in [-0.2, -0.15) is 0 Å². The topological polar surface area (TPSA) is 43.4 Å². The largest absolute Gasteiger partial charge is 0.468 e. The van der Waals surface area contributed by atoms with E-state index in [1.165, 1.54) is 7.11 Å². The smallest absolute Gasteiger partial charge is 0.318 e. The van der Waals surface area contributed by atoms with Crippen LogP contribution in [0.4, 0.5) is 0 Å². The monoisotopic (exact) mass is 284 g/mol. The van der Waals surface area contributed by atoms with Crippen LogP contribution >= 0.6 is 22.6 Å². The maximum Gasteiger partial charge on any atom is 0.318 e. The molecule has 0 aromatic heterocycles. The molecule has 0 radical (unpaired) electrons. The zero-order chi connectivity index (χ0) is 9.61. The third-order valence-corrected chi connectivity index (χ3v) is 2.50. The van der Waals surface area contributed by atoms with E-state index in [0.717, 1.165) is 10.8 Å². The van der Waals surface area contributed by atoms with Crippen molar-refractivity contribution in [2.75, 3.05) is 11.5 Å². The summed E-state index contributed by atoms with van der Waals surface area (Å²) in [5.41, 5.74) is -0.945. The SMILES string of the molecule is COC(=O)C(C)(C=O)CCCI. The molecule has 70 valence electrons. The first kappa shape index (κ1) is 11.9. The summed E-state index contributed by atoms with van der Waals surface area (Å²) in [5.74, 6) is -0.442. The minimum atomic E-state index is -0.945. The van der Waals surface area contributed by atoms with Gasteiger partial charge in [0.05, 0.1) is 7.11 Å². The van der Waals surface area contributed by atoms with Crippen LogP contribution < -0.4 is 0 Å². The molecule has 0 rings (SSSR count). The number of hydrogen-bond donors (Lipinski definition) is 0. The second-order valence-electron chi connectivity index (χ2n) is 2.82. The molecule has 4 heteroatoms. The van der Waals surface area contributed by atoms with Crippen molar-refractivity contribution in [2.24, 2.45) is 5.41 Å². The molecule has 0 bridgehead atoms. The number of hydrogen-bond acceptors (Lipinski definition) is 3. The van der Waals surface area contributed by atoms with E-state index < -0.39 is 11.4 Å². The van der Waals surface area contributed by atoms with Crippen molar-refractivity contribution in [1.82, 2.24) is 0 Å². The highest BCUT2D eigenvalue weighted by Crippen LogP contribution is 2.22. The van der Waals surface area contributed by atoms with Crippen molar-refractivity contribution in [3.8, 4) is 0 Å². The number of carbonyl (C=O) groups is 2. The molecular formula is C8H13IO3. The summed E-state index contributed by atoms with van der Waals surface area (Å²) in [6.45, 7) is 1.61. The standard InChI is InChI=1S/C8H13IO3/c1-8(6-10,4-3-5-9)7(11)12-2/h6H,3-5H2,1-2H3. The first-order valence-electron chi connectivity index (χ1n) is 3.71. The lowest BCUT2D eigenvalue weighted by Gasteiger charge is -2.18. The Morgan fingerprint density at radius 3 is 2.58 bits per heavy atom. The van der Waals surface area contributed by atoms with Gasteiger partial charge in [-0.3, -0.25) is 4.79 Å². The zero-order valence-electron chi connectivity index (χ0n) is 7.30. The van der Waals surface area contributed by atoms with Gasteiger partial charge in [0, 0.05) is 0 Å². The Morgan fingerprint density at radius 2 is 2.25 bits per heavy atom. The molecule has 0 aliphatic carbocycles. The molecule has 0 aliphatic heterocycles. The fourth-order valence-corrected chi connectivity index (χ4v) is 1.26. The molecule has 0 aromatic carbocycles. The Balaban J connectivity index is 4.23. The average Bonchev–Trinajstić information content (AvgIpc) is 2.12. The fraction of sp³-hybridized carbons (Fsp3) is 0.750. The van der Waals surface area contributed by atoms with E-state index in [-0.39, 0.29) is 0 Å². The minimum Gasteiger partial charge on any atom is -0.468 e. The molecule has 0 saturated carbocycles. The number of alkyl halides is 1. The lowest BCUT2D eigenvalue weighted by Crippen LogP contribution is -2.30. The van der Waals surface area contributed by atoms with Crippen molar-refractivity contribution in [2.45, 2.75) is 19.8 Å². The number of halogens is 1. The minimum absolute atomic E-state index is 0.442. The first-order valence-corrected chi connectivity index (χ1v) is 5.24. The van der Waals surface area contributed by atoms with E-state index >= 15 is 0 Å². The van der Waals surface area contributed by atoms with Gasteiger partial charge in [-0.15, -0.1) is 0 Å². The van der Waals surface area contributed by atoms with Gasteiger partial charge in [0.2, 0.25) is 0 Å². The summed E-state index contributed by atoms with van der Waals surface area (Å²) < 4.78 is 5.47. The van der Waals surface area contributed by atoms with Gasteiger partial charge in [-0.05, 0) is 24.2 Å². The Hall–Kier alpha value is -0.130. The lowest BCUT2D eigenvalue weighted by molar-refractivity contribution is -0.153. The van der Waals surface area contributed by atoms with Crippen molar-refractivity contribution in [3.05, 3.63) is 0 Å². The molecule has 0 aliphatic rings. The first-order chi connectivity index (χ1) is 5.60. The number of methoxy groups -OCH3 is 1. The number of ether oxygens (including phenoxy) is 1. The molecular weight excluding hydrogens is 271 g/mol. The molecule has 0 fully saturated rings. The van der Waals surface area contributed by atoms with Crippen LogP contribution in [0.1, 0.15) is 19.8 Å². The van der Waals surface area contributed by atoms with Crippen LogP contribution in [0, 0.1) is 5.41 Å². The fourth-order valence-electron chi connectivity index (χ4n) is 0.876. The predicted molar refractivity (Wildman–Crippen MR) is 54.3 cm³/mol. The van der Waals surface area contributed by atoms with Crippen LogP contribution in [0.5, 0.6) is 0 Å². The summed E-state index contributed by atoms with van der Waals surface area (Å²) >= 11 is 2.21. The Bertz CT molecular complexity index is 170. The van der Waals surface area contributed by atoms with Crippen LogP contribution in [0.3, 0.4) is 0 Å². The third kappa shape index (κ3) is 3.08. The van der Waals surface area contributed by atoms with Gasteiger partial charge in [0.1, 0.15) is 11.7 Å². The van der Waals surface area contributed by atoms with E-state index in [1.54, 1.807) is 6.92 Å². The number of rotatable bonds is 5. The maximum atomic E-state index is 11.1. The van der Waals surface area contributed by atoms with E-state index in [4.69, 9.17) is 0 Å². The maximum absolute atomic E-state index is 11.1. The molecule has 0 spiro atoms. The molecule has 1 unspecified atom stereocenters. The molecule has 1 atom stereocenters. The van der Waals surface area contributed by atoms with Gasteiger partial charge < -0.3 is 9.53 Å². The summed E-state index contributed by atoms with van der Waals surface area (Å²) in [5, 5.41) is 0. The van der Waals surface area contributed by atoms with Crippen molar-refractivity contribution >= 4 is 34.8 Å². The van der Waals surface area contributed by atoms with Crippen LogP contribution in [-0.2, 0) is 14.3 Å². The van der Waals surface area contributed by atoms with Crippen LogP contribution in [0.15, 0.2) is 0 Å². The van der Waals surface area contributed by atoms with E-state index in [0.29, 0.717) is 12.7 Å². The third-order valence-electron chi connectivity index (χ3n) is 1.74. The Kier molecular flexibility index (Phi) is 5.44. The van der Waals surface area contributed by atoms with Crippen LogP contribution in [0.2, 0.25) is 0 Å². The van der Waals surface area contributed by atoms with Crippen LogP contribution in [0.25, 0.3) is 0 Å². The highest BCUT2D eigenvalue weighted by atomic mass is 127. The molecule has 0 N–H and O–H groups in total. The van der Waals surface area contributed by atoms with Crippen LogP contribution in [-0.4, -0.2) is 23.8 Å². The summed E-state index contributed by atoms with van der Waals surface area (Å²) in [6.07, 6.45) is 2.09. The van der Waals surface area contributed by atoms with Crippen molar-refractivity contribution in [3.63, 3.8) is 0 Å². The molecule has 3 nitrogen and oxygen atoms in total. The summed E-state index contributed by atoms with van der Waals surface area (Å²) in [4.78, 5) is 21.7. The van der Waals surface area contributed by atoms with Crippen molar-refractivity contribution in [1.29, 1.82) is 0 Å². The Morgan fingerprint density at radius 1 is 1.67 bits per heavy atom. The molecule has 0 heterocycles. The van der Waals surface area contributed by atoms with E-state index in [9.17, 15) is 9.59 Å². The van der Waals surface area contributed by atoms with Gasteiger partial charge in [0.15, 0.2) is 0 Å². The van der Waals surface area contributed by atoms with Gasteiger partial charge in [0.25, 0.3) is 0 Å². The van der Waals surface area contributed by atoms with Gasteiger partial charge >= 0.3 is 5.97 Å². The normalized spacial score (nSPS) is 14.9. The summed E-state index contributed by atoms with van der Waals surface area (Å²) in [7, 11) is 1.30. The number of aldehydes is 1. The Labute approximate surface area is 86.0 Å². The van der Waals surface area contributed by atoms with E-state index in [1.807, 2.05) is 0 Å². The lowest BCUT2D eigenvalue weighted by atomic mass is 9.88. The van der Waals surface area contributed by atoms with Crippen molar-refractivity contribution < 1.29 is 14.3 Å². The second kappa shape index (κ2) is 5.50. The summed E-state index contributed by atoms with van der Waals surface area (Å²) in [6, 6.07) is 0. The zero-order valence-corrected chi connectivity index (χ0v) is 9.46. The average molecular weight is 284 g/mol. The molecule has 12 heavy (non-hydrogen) atoms. The van der Waals surface area contributed by atoms with Gasteiger partial charge in [-0.25, -0.2) is 0 Å². The highest BCUT2D eigenvalue weighted by Gasteiger charge is 2.33. The van der Waals surface area contributed by atoms with E-state index in [2.05, 4.69) is 27.3 Å². The molecule has 0 saturated heterocycles. The highest BCUT2D eigenvalue weighted by molar-refractivity contribution is 14.1. The number of carbonyl (C=O) groups excluding carboxylic acids is 2.